The Hall–Kier alpha value is -2.68. The lowest BCUT2D eigenvalue weighted by Crippen LogP contribution is -2.41. The van der Waals surface area contributed by atoms with Crippen LogP contribution in [0.4, 0.5) is 5.69 Å². The van der Waals surface area contributed by atoms with Crippen molar-refractivity contribution in [1.29, 1.82) is 0 Å². The van der Waals surface area contributed by atoms with E-state index >= 15 is 0 Å². The van der Waals surface area contributed by atoms with Gasteiger partial charge in [0, 0.05) is 24.2 Å². The maximum Gasteiger partial charge on any atom is 0.243 e. The highest BCUT2D eigenvalue weighted by atomic mass is 32.2. The summed E-state index contributed by atoms with van der Waals surface area (Å²) in [6.45, 7) is -0.0902. The fourth-order valence-electron chi connectivity index (χ4n) is 3.02. The Morgan fingerprint density at radius 2 is 1.89 bits per heavy atom. The molecule has 2 amide bonds. The van der Waals surface area contributed by atoms with E-state index in [1.54, 1.807) is 19.2 Å². The largest absolute Gasteiger partial charge is 0.451 e. The second-order valence-corrected chi connectivity index (χ2v) is 8.92. The van der Waals surface area contributed by atoms with E-state index in [0.717, 1.165) is 5.56 Å². The Morgan fingerprint density at radius 1 is 1.22 bits per heavy atom. The minimum absolute atomic E-state index is 0.0291. The van der Waals surface area contributed by atoms with Gasteiger partial charge in [-0.15, -0.1) is 0 Å². The molecule has 1 aromatic carbocycles. The van der Waals surface area contributed by atoms with Gasteiger partial charge in [0.15, 0.2) is 6.39 Å². The normalized spacial score (nSPS) is 16.6. The summed E-state index contributed by atoms with van der Waals surface area (Å²) in [6, 6.07) is 7.11. The Labute approximate surface area is 157 Å². The molecule has 0 bridgehead atoms. The smallest absolute Gasteiger partial charge is 0.243 e. The molecule has 0 aliphatic carbocycles. The van der Waals surface area contributed by atoms with E-state index in [1.165, 1.54) is 17.6 Å². The third-order valence-electron chi connectivity index (χ3n) is 4.56. The van der Waals surface area contributed by atoms with Crippen LogP contribution in [0.1, 0.15) is 12.8 Å². The predicted molar refractivity (Wildman–Crippen MR) is 99.6 cm³/mol. The van der Waals surface area contributed by atoms with Crippen molar-refractivity contribution in [3.8, 4) is 11.3 Å². The quantitative estimate of drug-likeness (QED) is 0.828. The van der Waals surface area contributed by atoms with Gasteiger partial charge in [-0.3, -0.25) is 9.59 Å². The van der Waals surface area contributed by atoms with Gasteiger partial charge in [0.1, 0.15) is 21.8 Å². The molecule has 0 atom stereocenters. The van der Waals surface area contributed by atoms with Crippen LogP contribution in [0.2, 0.25) is 0 Å². The number of nitrogens with one attached hydrogen (secondary N) is 1. The summed E-state index contributed by atoms with van der Waals surface area (Å²) in [4.78, 5) is 30.0. The molecule has 0 radical (unpaired) electrons. The number of oxazole rings is 1. The first kappa shape index (κ1) is 19.1. The van der Waals surface area contributed by atoms with E-state index in [0.29, 0.717) is 24.2 Å². The molecule has 0 spiro atoms. The van der Waals surface area contributed by atoms with Gasteiger partial charge < -0.3 is 14.6 Å². The van der Waals surface area contributed by atoms with Gasteiger partial charge in [0.25, 0.3) is 0 Å². The van der Waals surface area contributed by atoms with Crippen LogP contribution >= 0.6 is 0 Å². The lowest BCUT2D eigenvalue weighted by molar-refractivity contribution is -0.137. The first-order valence-electron chi connectivity index (χ1n) is 8.58. The maximum absolute atomic E-state index is 12.4. The second-order valence-electron chi connectivity index (χ2n) is 6.62. The first-order valence-corrected chi connectivity index (χ1v) is 10.4. The van der Waals surface area contributed by atoms with Crippen molar-refractivity contribution in [2.45, 2.75) is 12.8 Å². The van der Waals surface area contributed by atoms with Crippen LogP contribution < -0.4 is 5.32 Å². The van der Waals surface area contributed by atoms with Crippen molar-refractivity contribution in [3.63, 3.8) is 0 Å². The van der Waals surface area contributed by atoms with Crippen molar-refractivity contribution in [2.75, 3.05) is 30.4 Å². The molecule has 144 valence electrons. The number of nitrogens with zero attached hydrogens (tertiary/aromatic N) is 2. The summed E-state index contributed by atoms with van der Waals surface area (Å²) in [5.74, 6) is -0.791. The minimum Gasteiger partial charge on any atom is -0.451 e. The molecule has 2 heterocycles. The van der Waals surface area contributed by atoms with Gasteiger partial charge in [0.2, 0.25) is 11.8 Å². The summed E-state index contributed by atoms with van der Waals surface area (Å²) in [7, 11) is -1.46. The van der Waals surface area contributed by atoms with Gasteiger partial charge in [-0.1, -0.05) is 12.1 Å². The van der Waals surface area contributed by atoms with Crippen LogP contribution in [0.15, 0.2) is 41.3 Å². The average Bonchev–Trinajstić information content (AvgIpc) is 3.16. The molecule has 2 aromatic rings. The van der Waals surface area contributed by atoms with Crippen molar-refractivity contribution < 1.29 is 22.4 Å². The Balaban J connectivity index is 1.52. The van der Waals surface area contributed by atoms with E-state index < -0.39 is 9.84 Å². The van der Waals surface area contributed by atoms with Crippen molar-refractivity contribution >= 4 is 27.3 Å². The van der Waals surface area contributed by atoms with Gasteiger partial charge in [-0.05, 0) is 25.0 Å². The molecular formula is C18H21N3O5S. The third-order valence-corrected chi connectivity index (χ3v) is 6.27. The van der Waals surface area contributed by atoms with Crippen LogP contribution in [-0.4, -0.2) is 55.2 Å². The van der Waals surface area contributed by atoms with E-state index in [9.17, 15) is 18.0 Å². The summed E-state index contributed by atoms with van der Waals surface area (Å²) in [5, 5.41) is 2.74. The lowest BCUT2D eigenvalue weighted by atomic mass is 10.0. The molecule has 3 rings (SSSR count). The number of benzene rings is 1. The Kier molecular flexibility index (Phi) is 5.59. The summed E-state index contributed by atoms with van der Waals surface area (Å²) < 4.78 is 27.9. The number of aromatic nitrogens is 1. The second kappa shape index (κ2) is 7.91. The molecule has 1 aliphatic rings. The number of carbonyl (C=O) groups is 2. The fraction of sp³-hybridized carbons (Fsp3) is 0.389. The van der Waals surface area contributed by atoms with Crippen molar-refractivity contribution in [2.24, 2.45) is 5.92 Å². The SMILES string of the molecule is CN(CC(=O)Nc1ccc(-c2cocn2)cc1)C(=O)C1CCS(=O)(=O)CC1. The fourth-order valence-corrected chi connectivity index (χ4v) is 4.51. The predicted octanol–water partition coefficient (Wildman–Crippen LogP) is 1.56. The van der Waals surface area contributed by atoms with Crippen LogP contribution in [0.3, 0.4) is 0 Å². The van der Waals surface area contributed by atoms with Crippen molar-refractivity contribution in [1.82, 2.24) is 9.88 Å². The maximum atomic E-state index is 12.4. The molecule has 1 aliphatic heterocycles. The number of carbonyl (C=O) groups excluding carboxylic acids is 2. The molecule has 0 saturated carbocycles. The van der Waals surface area contributed by atoms with Gasteiger partial charge >= 0.3 is 0 Å². The van der Waals surface area contributed by atoms with Gasteiger partial charge in [0.05, 0.1) is 18.1 Å². The number of rotatable bonds is 5. The zero-order valence-electron chi connectivity index (χ0n) is 14.9. The molecule has 27 heavy (non-hydrogen) atoms. The molecule has 1 fully saturated rings. The van der Waals surface area contributed by atoms with E-state index in [-0.39, 0.29) is 35.8 Å². The lowest BCUT2D eigenvalue weighted by Gasteiger charge is -2.26. The molecule has 1 saturated heterocycles. The van der Waals surface area contributed by atoms with Crippen molar-refractivity contribution in [3.05, 3.63) is 36.9 Å². The standard InChI is InChI=1S/C18H21N3O5S/c1-21(18(23)14-6-8-27(24,25)9-7-14)10-17(22)20-15-4-2-13(3-5-15)16-11-26-12-19-16/h2-5,11-12,14H,6-10H2,1H3,(H,20,22). The Bertz CT molecular complexity index is 893. The highest BCUT2D eigenvalue weighted by Crippen LogP contribution is 2.21. The van der Waals surface area contributed by atoms with E-state index in [1.807, 2.05) is 12.1 Å². The zero-order valence-corrected chi connectivity index (χ0v) is 15.7. The zero-order chi connectivity index (χ0) is 19.4. The topological polar surface area (TPSA) is 110 Å². The number of sulfone groups is 1. The van der Waals surface area contributed by atoms with Crippen LogP contribution in [0.5, 0.6) is 0 Å². The molecule has 0 unspecified atom stereocenters. The summed E-state index contributed by atoms with van der Waals surface area (Å²) in [5.41, 5.74) is 2.17. The molecule has 1 N–H and O–H groups in total. The van der Waals surface area contributed by atoms with E-state index in [4.69, 9.17) is 4.42 Å². The number of hydrogen-bond acceptors (Lipinski definition) is 6. The monoisotopic (exact) mass is 391 g/mol. The Morgan fingerprint density at radius 3 is 2.48 bits per heavy atom. The average molecular weight is 391 g/mol. The first-order chi connectivity index (χ1) is 12.8. The number of anilines is 1. The number of likely N-dealkylation sites (N-methyl/N-ethyl adjacent to an activating group) is 1. The van der Waals surface area contributed by atoms with Gasteiger partial charge in [-0.25, -0.2) is 13.4 Å². The van der Waals surface area contributed by atoms with E-state index in [2.05, 4.69) is 10.3 Å². The van der Waals surface area contributed by atoms with Crippen LogP contribution in [-0.2, 0) is 19.4 Å². The number of hydrogen-bond donors (Lipinski definition) is 1. The van der Waals surface area contributed by atoms with Crippen LogP contribution in [0, 0.1) is 5.92 Å². The minimum atomic E-state index is -3.02. The summed E-state index contributed by atoms with van der Waals surface area (Å²) >= 11 is 0. The highest BCUT2D eigenvalue weighted by molar-refractivity contribution is 7.91. The van der Waals surface area contributed by atoms with Gasteiger partial charge in [-0.2, -0.15) is 0 Å². The molecule has 9 heteroatoms. The third kappa shape index (κ3) is 4.94. The molecular weight excluding hydrogens is 370 g/mol. The number of amides is 2. The summed E-state index contributed by atoms with van der Waals surface area (Å²) in [6.07, 6.45) is 3.51. The molecule has 1 aromatic heterocycles. The molecule has 8 nitrogen and oxygen atoms in total. The van der Waals surface area contributed by atoms with Crippen LogP contribution in [0.25, 0.3) is 11.3 Å². The highest BCUT2D eigenvalue weighted by Gasteiger charge is 2.30.